The van der Waals surface area contributed by atoms with E-state index in [0.29, 0.717) is 30.4 Å². The van der Waals surface area contributed by atoms with E-state index in [1.807, 2.05) is 49.4 Å². The minimum absolute atomic E-state index is 0.0198. The van der Waals surface area contributed by atoms with Gasteiger partial charge in [0.1, 0.15) is 5.75 Å². The van der Waals surface area contributed by atoms with Crippen molar-refractivity contribution in [2.75, 3.05) is 26.6 Å². The smallest absolute Gasteiger partial charge is 0.230 e. The van der Waals surface area contributed by atoms with Crippen LogP contribution in [0.2, 0.25) is 0 Å². The Bertz CT molecular complexity index is 688. The van der Waals surface area contributed by atoms with Crippen LogP contribution >= 0.6 is 11.8 Å². The molecule has 2 rings (SSSR count). The zero-order valence-corrected chi connectivity index (χ0v) is 15.5. The molecule has 0 aromatic heterocycles. The Labute approximate surface area is 152 Å². The number of thioether (sulfide) groups is 1. The van der Waals surface area contributed by atoms with Crippen LogP contribution in [0.1, 0.15) is 12.5 Å². The van der Waals surface area contributed by atoms with E-state index in [1.54, 1.807) is 14.2 Å². The fourth-order valence-corrected chi connectivity index (χ4v) is 2.92. The summed E-state index contributed by atoms with van der Waals surface area (Å²) in [5.74, 6) is 2.50. The van der Waals surface area contributed by atoms with E-state index in [0.717, 1.165) is 16.2 Å². The monoisotopic (exact) mass is 361 g/mol. The number of ether oxygens (including phenoxy) is 3. The first-order chi connectivity index (χ1) is 12.2. The quantitative estimate of drug-likeness (QED) is 0.693. The molecule has 25 heavy (non-hydrogen) atoms. The van der Waals surface area contributed by atoms with Crippen LogP contribution in [0.5, 0.6) is 17.2 Å². The highest BCUT2D eigenvalue weighted by Gasteiger charge is 2.07. The number of rotatable bonds is 9. The number of carbonyl (C=O) groups is 1. The summed E-state index contributed by atoms with van der Waals surface area (Å²) in [7, 11) is 3.19. The molecule has 1 N–H and O–H groups in total. The van der Waals surface area contributed by atoms with Crippen LogP contribution in [-0.4, -0.2) is 32.5 Å². The van der Waals surface area contributed by atoms with Gasteiger partial charge < -0.3 is 19.5 Å². The number of hydrogen-bond donors (Lipinski definition) is 1. The second kappa shape index (κ2) is 9.84. The molecular weight excluding hydrogens is 338 g/mol. The summed E-state index contributed by atoms with van der Waals surface area (Å²) in [6.45, 7) is 3.04. The Morgan fingerprint density at radius 1 is 1.04 bits per heavy atom. The van der Waals surface area contributed by atoms with Crippen molar-refractivity contribution in [1.82, 2.24) is 5.32 Å². The zero-order valence-electron chi connectivity index (χ0n) is 14.7. The van der Waals surface area contributed by atoms with Crippen molar-refractivity contribution in [1.29, 1.82) is 0 Å². The first-order valence-electron chi connectivity index (χ1n) is 7.99. The van der Waals surface area contributed by atoms with Gasteiger partial charge in [0, 0.05) is 11.4 Å². The fourth-order valence-electron chi connectivity index (χ4n) is 2.19. The molecule has 6 heteroatoms. The van der Waals surface area contributed by atoms with Crippen molar-refractivity contribution in [3.8, 4) is 17.2 Å². The average molecular weight is 361 g/mol. The number of benzene rings is 2. The highest BCUT2D eigenvalue weighted by molar-refractivity contribution is 8.00. The van der Waals surface area contributed by atoms with Gasteiger partial charge in [0.15, 0.2) is 11.5 Å². The van der Waals surface area contributed by atoms with Crippen LogP contribution < -0.4 is 19.5 Å². The summed E-state index contributed by atoms with van der Waals surface area (Å²) in [4.78, 5) is 13.1. The number of nitrogens with one attached hydrogen (secondary N) is 1. The molecule has 0 saturated carbocycles. The molecule has 0 heterocycles. The van der Waals surface area contributed by atoms with Gasteiger partial charge in [-0.25, -0.2) is 0 Å². The lowest BCUT2D eigenvalue weighted by Crippen LogP contribution is -2.24. The molecule has 0 radical (unpaired) electrons. The summed E-state index contributed by atoms with van der Waals surface area (Å²) in [6, 6.07) is 13.3. The van der Waals surface area contributed by atoms with Crippen LogP contribution in [0.25, 0.3) is 0 Å². The minimum atomic E-state index is -0.0198. The molecule has 0 bridgehead atoms. The van der Waals surface area contributed by atoms with Crippen LogP contribution in [0.4, 0.5) is 0 Å². The van der Waals surface area contributed by atoms with Crippen LogP contribution in [-0.2, 0) is 11.3 Å². The molecule has 0 spiro atoms. The van der Waals surface area contributed by atoms with Gasteiger partial charge in [-0.05, 0) is 48.9 Å². The van der Waals surface area contributed by atoms with E-state index < -0.39 is 0 Å². The Kier molecular flexibility index (Phi) is 7.47. The van der Waals surface area contributed by atoms with E-state index in [4.69, 9.17) is 14.2 Å². The maximum absolute atomic E-state index is 12.0. The third kappa shape index (κ3) is 5.90. The maximum Gasteiger partial charge on any atom is 0.230 e. The Hall–Kier alpha value is -2.34. The molecule has 2 aromatic carbocycles. The van der Waals surface area contributed by atoms with Gasteiger partial charge in [-0.3, -0.25) is 4.79 Å². The summed E-state index contributed by atoms with van der Waals surface area (Å²) in [5, 5.41) is 2.91. The Morgan fingerprint density at radius 3 is 2.40 bits per heavy atom. The topological polar surface area (TPSA) is 56.8 Å². The molecule has 0 aliphatic rings. The van der Waals surface area contributed by atoms with Gasteiger partial charge in [0.05, 0.1) is 26.6 Å². The number of methoxy groups -OCH3 is 2. The van der Waals surface area contributed by atoms with Crippen molar-refractivity contribution in [2.45, 2.75) is 18.4 Å². The Balaban J connectivity index is 1.80. The van der Waals surface area contributed by atoms with E-state index >= 15 is 0 Å². The standard InChI is InChI=1S/C19H23NO4S/c1-4-24-15-6-8-16(9-7-15)25-13-19(21)20-12-14-5-10-17(22-2)18(11-14)23-3/h5-11H,4,12-13H2,1-3H3,(H,20,21). The van der Waals surface area contributed by atoms with Crippen molar-refractivity contribution in [3.05, 3.63) is 48.0 Å². The maximum atomic E-state index is 12.0. The first kappa shape index (κ1) is 19.0. The molecule has 1 amide bonds. The molecule has 0 aliphatic carbocycles. The molecule has 2 aromatic rings. The SMILES string of the molecule is CCOc1ccc(SCC(=O)NCc2ccc(OC)c(OC)c2)cc1. The van der Waals surface area contributed by atoms with Gasteiger partial charge in [-0.1, -0.05) is 6.07 Å². The largest absolute Gasteiger partial charge is 0.494 e. The average Bonchev–Trinajstić information content (AvgIpc) is 2.65. The van der Waals surface area contributed by atoms with E-state index in [9.17, 15) is 4.79 Å². The van der Waals surface area contributed by atoms with Gasteiger partial charge in [0.25, 0.3) is 0 Å². The molecule has 0 aliphatic heterocycles. The zero-order chi connectivity index (χ0) is 18.1. The molecule has 0 saturated heterocycles. The lowest BCUT2D eigenvalue weighted by atomic mass is 10.2. The summed E-state index contributed by atoms with van der Waals surface area (Å²) in [6.07, 6.45) is 0. The first-order valence-corrected chi connectivity index (χ1v) is 8.98. The predicted molar refractivity (Wildman–Crippen MR) is 99.7 cm³/mol. The Morgan fingerprint density at radius 2 is 1.76 bits per heavy atom. The molecule has 0 fully saturated rings. The van der Waals surface area contributed by atoms with Crippen LogP contribution in [0.3, 0.4) is 0 Å². The van der Waals surface area contributed by atoms with Gasteiger partial charge in [-0.15, -0.1) is 11.8 Å². The van der Waals surface area contributed by atoms with Crippen LogP contribution in [0, 0.1) is 0 Å². The predicted octanol–water partition coefficient (Wildman–Crippen LogP) is 3.51. The van der Waals surface area contributed by atoms with Crippen LogP contribution in [0.15, 0.2) is 47.4 Å². The van der Waals surface area contributed by atoms with Gasteiger partial charge in [0.2, 0.25) is 5.91 Å². The van der Waals surface area contributed by atoms with Crippen molar-refractivity contribution >= 4 is 17.7 Å². The number of carbonyl (C=O) groups excluding carboxylic acids is 1. The molecule has 0 unspecified atom stereocenters. The highest BCUT2D eigenvalue weighted by atomic mass is 32.2. The number of hydrogen-bond acceptors (Lipinski definition) is 5. The van der Waals surface area contributed by atoms with E-state index in [2.05, 4.69) is 5.32 Å². The fraction of sp³-hybridized carbons (Fsp3) is 0.316. The lowest BCUT2D eigenvalue weighted by molar-refractivity contribution is -0.118. The molecule has 0 atom stereocenters. The van der Waals surface area contributed by atoms with E-state index in [1.165, 1.54) is 11.8 Å². The molecule has 5 nitrogen and oxygen atoms in total. The van der Waals surface area contributed by atoms with Crippen molar-refractivity contribution in [2.24, 2.45) is 0 Å². The summed E-state index contributed by atoms with van der Waals surface area (Å²) >= 11 is 1.49. The second-order valence-corrected chi connectivity index (χ2v) is 6.21. The minimum Gasteiger partial charge on any atom is -0.494 e. The second-order valence-electron chi connectivity index (χ2n) is 5.16. The third-order valence-corrected chi connectivity index (χ3v) is 4.45. The molecule has 134 valence electrons. The van der Waals surface area contributed by atoms with Crippen molar-refractivity contribution < 1.29 is 19.0 Å². The number of amides is 1. The summed E-state index contributed by atoms with van der Waals surface area (Å²) in [5.41, 5.74) is 0.956. The van der Waals surface area contributed by atoms with Gasteiger partial charge >= 0.3 is 0 Å². The highest BCUT2D eigenvalue weighted by Crippen LogP contribution is 2.27. The third-order valence-electron chi connectivity index (χ3n) is 3.44. The van der Waals surface area contributed by atoms with Gasteiger partial charge in [-0.2, -0.15) is 0 Å². The molecular formula is C19H23NO4S. The lowest BCUT2D eigenvalue weighted by Gasteiger charge is -2.10. The van der Waals surface area contributed by atoms with Crippen molar-refractivity contribution in [3.63, 3.8) is 0 Å². The normalized spacial score (nSPS) is 10.2. The summed E-state index contributed by atoms with van der Waals surface area (Å²) < 4.78 is 15.9. The van der Waals surface area contributed by atoms with E-state index in [-0.39, 0.29) is 5.91 Å².